The molecule has 0 aromatic carbocycles. The summed E-state index contributed by atoms with van der Waals surface area (Å²) in [5.74, 6) is 0.855. The molecule has 1 unspecified atom stereocenters. The zero-order valence-electron chi connectivity index (χ0n) is 12.3. The molecular formula is C16H23N3O2. The third-order valence-electron chi connectivity index (χ3n) is 4.29. The average molecular weight is 289 g/mol. The minimum Gasteiger partial charge on any atom is -0.396 e. The van der Waals surface area contributed by atoms with Crippen molar-refractivity contribution in [3.63, 3.8) is 0 Å². The molecule has 21 heavy (non-hydrogen) atoms. The van der Waals surface area contributed by atoms with Gasteiger partial charge in [-0.1, -0.05) is 0 Å². The molecule has 5 nitrogen and oxygen atoms in total. The van der Waals surface area contributed by atoms with E-state index < -0.39 is 0 Å². The van der Waals surface area contributed by atoms with Crippen LogP contribution in [0.5, 0.6) is 0 Å². The molecule has 2 aliphatic rings. The Bertz CT molecular complexity index is 500. The number of nitrogens with zero attached hydrogens (tertiary/aromatic N) is 2. The number of likely N-dealkylation sites (tertiary alicyclic amines) is 1. The first kappa shape index (κ1) is 14.3. The van der Waals surface area contributed by atoms with Gasteiger partial charge in [-0.25, -0.2) is 4.98 Å². The summed E-state index contributed by atoms with van der Waals surface area (Å²) < 4.78 is 0. The lowest BCUT2D eigenvalue weighted by atomic mass is 9.98. The molecule has 1 aromatic rings. The molecule has 1 aliphatic carbocycles. The topological polar surface area (TPSA) is 65.5 Å². The lowest BCUT2D eigenvalue weighted by molar-refractivity contribution is 0.0574. The van der Waals surface area contributed by atoms with Gasteiger partial charge in [0, 0.05) is 37.0 Å². The van der Waals surface area contributed by atoms with E-state index in [0.717, 1.165) is 31.6 Å². The number of anilines is 1. The van der Waals surface area contributed by atoms with Gasteiger partial charge in [-0.2, -0.15) is 0 Å². The Morgan fingerprint density at radius 2 is 2.24 bits per heavy atom. The van der Waals surface area contributed by atoms with Crippen LogP contribution in [-0.2, 0) is 0 Å². The van der Waals surface area contributed by atoms with Gasteiger partial charge in [0.2, 0.25) is 0 Å². The molecular weight excluding hydrogens is 266 g/mol. The van der Waals surface area contributed by atoms with Crippen LogP contribution in [0.4, 0.5) is 5.82 Å². The van der Waals surface area contributed by atoms with Crippen LogP contribution in [-0.4, -0.2) is 46.1 Å². The van der Waals surface area contributed by atoms with Crippen molar-refractivity contribution in [2.75, 3.05) is 18.5 Å². The summed E-state index contributed by atoms with van der Waals surface area (Å²) in [4.78, 5) is 18.9. The number of aliphatic hydroxyl groups excluding tert-OH is 1. The fourth-order valence-corrected chi connectivity index (χ4v) is 2.96. The normalized spacial score (nSPS) is 22.1. The fraction of sp³-hybridized carbons (Fsp3) is 0.625. The number of hydrogen-bond acceptors (Lipinski definition) is 4. The fourth-order valence-electron chi connectivity index (χ4n) is 2.96. The lowest BCUT2D eigenvalue weighted by Gasteiger charge is -2.35. The summed E-state index contributed by atoms with van der Waals surface area (Å²) >= 11 is 0. The highest BCUT2D eigenvalue weighted by molar-refractivity contribution is 5.95. The molecule has 3 rings (SSSR count). The second kappa shape index (κ2) is 6.43. The van der Waals surface area contributed by atoms with Crippen molar-refractivity contribution < 1.29 is 9.90 Å². The van der Waals surface area contributed by atoms with Gasteiger partial charge < -0.3 is 15.3 Å². The number of piperidine rings is 1. The highest BCUT2D eigenvalue weighted by atomic mass is 16.3. The summed E-state index contributed by atoms with van der Waals surface area (Å²) in [6, 6.07) is 4.33. The number of pyridine rings is 1. The third-order valence-corrected chi connectivity index (χ3v) is 4.29. The Morgan fingerprint density at radius 1 is 1.38 bits per heavy atom. The molecule has 1 aromatic heterocycles. The number of amides is 1. The second-order valence-electron chi connectivity index (χ2n) is 6.01. The highest BCUT2D eigenvalue weighted by Gasteiger charge is 2.27. The van der Waals surface area contributed by atoms with Crippen LogP contribution in [0.2, 0.25) is 0 Å². The molecule has 1 atom stereocenters. The van der Waals surface area contributed by atoms with Crippen molar-refractivity contribution in [2.24, 2.45) is 0 Å². The number of carbonyl (C=O) groups is 1. The van der Waals surface area contributed by atoms with Crippen molar-refractivity contribution in [1.82, 2.24) is 9.88 Å². The van der Waals surface area contributed by atoms with Gasteiger partial charge in [-0.05, 0) is 50.7 Å². The van der Waals surface area contributed by atoms with E-state index in [0.29, 0.717) is 18.0 Å². The first-order valence-corrected chi connectivity index (χ1v) is 7.92. The van der Waals surface area contributed by atoms with Gasteiger partial charge >= 0.3 is 0 Å². The Morgan fingerprint density at radius 3 is 3.00 bits per heavy atom. The maximum atomic E-state index is 12.7. The van der Waals surface area contributed by atoms with Gasteiger partial charge in [0.25, 0.3) is 5.91 Å². The van der Waals surface area contributed by atoms with E-state index >= 15 is 0 Å². The molecule has 2 N–H and O–H groups in total. The number of aliphatic hydroxyl groups is 1. The SMILES string of the molecule is O=C(c1ccnc(NC2CC2)c1)N1CCCCC1CCO. The first-order chi connectivity index (χ1) is 10.3. The molecule has 1 amide bonds. The van der Waals surface area contributed by atoms with E-state index in [1.807, 2.05) is 11.0 Å². The van der Waals surface area contributed by atoms with E-state index in [4.69, 9.17) is 0 Å². The minimum atomic E-state index is 0.0643. The monoisotopic (exact) mass is 289 g/mol. The van der Waals surface area contributed by atoms with Crippen LogP contribution >= 0.6 is 0 Å². The summed E-state index contributed by atoms with van der Waals surface area (Å²) in [7, 11) is 0. The van der Waals surface area contributed by atoms with Crippen molar-refractivity contribution in [1.29, 1.82) is 0 Å². The largest absolute Gasteiger partial charge is 0.396 e. The van der Waals surface area contributed by atoms with E-state index in [1.54, 1.807) is 12.3 Å². The van der Waals surface area contributed by atoms with Crippen molar-refractivity contribution >= 4 is 11.7 Å². The van der Waals surface area contributed by atoms with E-state index in [-0.39, 0.29) is 18.6 Å². The highest BCUT2D eigenvalue weighted by Crippen LogP contribution is 2.25. The number of aromatic nitrogens is 1. The second-order valence-corrected chi connectivity index (χ2v) is 6.01. The van der Waals surface area contributed by atoms with Crippen LogP contribution < -0.4 is 5.32 Å². The molecule has 5 heteroatoms. The summed E-state index contributed by atoms with van der Waals surface area (Å²) in [6.45, 7) is 0.927. The summed E-state index contributed by atoms with van der Waals surface area (Å²) in [6.07, 6.45) is 7.91. The molecule has 0 radical (unpaired) electrons. The van der Waals surface area contributed by atoms with Gasteiger partial charge in [0.1, 0.15) is 5.82 Å². The number of carbonyl (C=O) groups excluding carboxylic acids is 1. The smallest absolute Gasteiger partial charge is 0.254 e. The Kier molecular flexibility index (Phi) is 4.39. The molecule has 2 heterocycles. The Hall–Kier alpha value is -1.62. The number of nitrogens with one attached hydrogen (secondary N) is 1. The molecule has 1 aliphatic heterocycles. The summed E-state index contributed by atoms with van der Waals surface area (Å²) in [5, 5.41) is 12.5. The van der Waals surface area contributed by atoms with Crippen LogP contribution in [0.15, 0.2) is 18.3 Å². The molecule has 2 fully saturated rings. The molecule has 114 valence electrons. The van der Waals surface area contributed by atoms with Crippen molar-refractivity contribution in [2.45, 2.75) is 50.6 Å². The average Bonchev–Trinajstić information content (AvgIpc) is 3.32. The van der Waals surface area contributed by atoms with E-state index in [9.17, 15) is 9.90 Å². The lowest BCUT2D eigenvalue weighted by Crippen LogP contribution is -2.44. The van der Waals surface area contributed by atoms with Crippen LogP contribution in [0.25, 0.3) is 0 Å². The van der Waals surface area contributed by atoms with E-state index in [1.165, 1.54) is 12.8 Å². The maximum Gasteiger partial charge on any atom is 0.254 e. The first-order valence-electron chi connectivity index (χ1n) is 7.92. The van der Waals surface area contributed by atoms with Crippen molar-refractivity contribution in [3.8, 4) is 0 Å². The molecule has 1 saturated carbocycles. The predicted molar refractivity (Wildman–Crippen MR) is 81.3 cm³/mol. The Labute approximate surface area is 125 Å². The molecule has 0 spiro atoms. The van der Waals surface area contributed by atoms with Gasteiger partial charge in [0.15, 0.2) is 0 Å². The van der Waals surface area contributed by atoms with Crippen LogP contribution in [0.3, 0.4) is 0 Å². The third kappa shape index (κ3) is 3.53. The number of rotatable bonds is 5. The molecule has 0 bridgehead atoms. The van der Waals surface area contributed by atoms with Gasteiger partial charge in [-0.15, -0.1) is 0 Å². The van der Waals surface area contributed by atoms with Gasteiger partial charge in [0.05, 0.1) is 0 Å². The predicted octanol–water partition coefficient (Wildman–Crippen LogP) is 2.03. The zero-order valence-corrected chi connectivity index (χ0v) is 12.3. The van der Waals surface area contributed by atoms with Gasteiger partial charge in [-0.3, -0.25) is 4.79 Å². The minimum absolute atomic E-state index is 0.0643. The van der Waals surface area contributed by atoms with Crippen LogP contribution in [0, 0.1) is 0 Å². The summed E-state index contributed by atoms with van der Waals surface area (Å²) in [5.41, 5.74) is 0.693. The molecule has 1 saturated heterocycles. The van der Waals surface area contributed by atoms with E-state index in [2.05, 4.69) is 10.3 Å². The standard InChI is InChI=1S/C16H23N3O2/c20-10-7-14-3-1-2-9-19(14)16(21)12-6-8-17-15(11-12)18-13-4-5-13/h6,8,11,13-14,20H,1-5,7,9-10H2,(H,17,18). The maximum absolute atomic E-state index is 12.7. The zero-order chi connectivity index (χ0) is 14.7. The number of hydrogen-bond donors (Lipinski definition) is 2. The quantitative estimate of drug-likeness (QED) is 0.870. The van der Waals surface area contributed by atoms with Crippen LogP contribution in [0.1, 0.15) is 48.9 Å². The Balaban J connectivity index is 1.73. The van der Waals surface area contributed by atoms with Crippen molar-refractivity contribution in [3.05, 3.63) is 23.9 Å².